The molecule has 0 heterocycles. The summed E-state index contributed by atoms with van der Waals surface area (Å²) in [5.74, 6) is 1.18. The minimum atomic E-state index is -0.858. The van der Waals surface area contributed by atoms with Crippen LogP contribution in [0.2, 0.25) is 0 Å². The van der Waals surface area contributed by atoms with Gasteiger partial charge in [-0.05, 0) is 51.6 Å². The number of likely N-dealkylation sites (N-methyl/N-ethyl adjacent to an activating group) is 1. The average molecular weight is 295 g/mol. The van der Waals surface area contributed by atoms with Crippen molar-refractivity contribution in [3.63, 3.8) is 0 Å². The maximum atomic E-state index is 12.0. The van der Waals surface area contributed by atoms with Gasteiger partial charge in [0, 0.05) is 0 Å². The molecule has 0 aliphatic heterocycles. The summed E-state index contributed by atoms with van der Waals surface area (Å²) >= 11 is 0. The molecule has 0 saturated carbocycles. The number of hydrogen-bond acceptors (Lipinski definition) is 5. The van der Waals surface area contributed by atoms with Gasteiger partial charge >= 0.3 is 5.97 Å². The van der Waals surface area contributed by atoms with Gasteiger partial charge in [0.15, 0.2) is 0 Å². The summed E-state index contributed by atoms with van der Waals surface area (Å²) in [5, 5.41) is 3.12. The van der Waals surface area contributed by atoms with Crippen molar-refractivity contribution in [3.8, 4) is 11.5 Å². The normalized spacial score (nSPS) is 13.3. The zero-order valence-electron chi connectivity index (χ0n) is 13.3. The number of carbonyl (C=O) groups is 1. The monoisotopic (exact) mass is 295 g/mol. The molecule has 0 aliphatic rings. The summed E-state index contributed by atoms with van der Waals surface area (Å²) < 4.78 is 16.2. The predicted octanol–water partition coefficient (Wildman–Crippen LogP) is 2.40. The van der Waals surface area contributed by atoms with E-state index < -0.39 is 5.54 Å². The third-order valence-corrected chi connectivity index (χ3v) is 2.96. The Kier molecular flexibility index (Phi) is 7.02. The van der Waals surface area contributed by atoms with Crippen LogP contribution < -0.4 is 14.8 Å². The first-order valence-corrected chi connectivity index (χ1v) is 7.33. The quantitative estimate of drug-likeness (QED) is 0.709. The zero-order chi connectivity index (χ0) is 15.7. The average Bonchev–Trinajstić information content (AvgIpc) is 2.47. The molecule has 21 heavy (non-hydrogen) atoms. The Balaban J connectivity index is 2.65. The maximum absolute atomic E-state index is 12.0. The summed E-state index contributed by atoms with van der Waals surface area (Å²) in [6.45, 7) is 9.28. The molecule has 0 fully saturated rings. The van der Waals surface area contributed by atoms with Crippen molar-refractivity contribution in [1.29, 1.82) is 0 Å². The van der Waals surface area contributed by atoms with Crippen LogP contribution in [0.4, 0.5) is 0 Å². The number of rotatable bonds is 9. The van der Waals surface area contributed by atoms with Crippen LogP contribution in [0.5, 0.6) is 11.5 Å². The highest BCUT2D eigenvalue weighted by Gasteiger charge is 2.34. The van der Waals surface area contributed by atoms with Crippen LogP contribution in [0.15, 0.2) is 24.3 Å². The lowest BCUT2D eigenvalue weighted by Crippen LogP contribution is -2.54. The Hall–Kier alpha value is -1.75. The predicted molar refractivity (Wildman–Crippen MR) is 81.8 cm³/mol. The molecule has 118 valence electrons. The van der Waals surface area contributed by atoms with Crippen molar-refractivity contribution < 1.29 is 19.0 Å². The summed E-state index contributed by atoms with van der Waals surface area (Å²) in [5.41, 5.74) is -0.858. The highest BCUT2D eigenvalue weighted by molar-refractivity contribution is 5.80. The van der Waals surface area contributed by atoms with Crippen molar-refractivity contribution in [2.24, 2.45) is 0 Å². The van der Waals surface area contributed by atoms with Crippen LogP contribution in [0.1, 0.15) is 27.7 Å². The Bertz CT molecular complexity index is 432. The molecule has 0 amide bonds. The summed E-state index contributed by atoms with van der Waals surface area (Å²) in [6.07, 6.45) is 0. The van der Waals surface area contributed by atoms with Crippen LogP contribution in [0, 0.1) is 0 Å². The lowest BCUT2D eigenvalue weighted by molar-refractivity contribution is -0.151. The number of esters is 1. The van der Waals surface area contributed by atoms with Crippen molar-refractivity contribution in [2.45, 2.75) is 33.2 Å². The largest absolute Gasteiger partial charge is 0.494 e. The van der Waals surface area contributed by atoms with Gasteiger partial charge in [0.2, 0.25) is 0 Å². The smallest absolute Gasteiger partial charge is 0.329 e. The van der Waals surface area contributed by atoms with Crippen LogP contribution in [0.25, 0.3) is 0 Å². The highest BCUT2D eigenvalue weighted by Crippen LogP contribution is 2.19. The third-order valence-electron chi connectivity index (χ3n) is 2.96. The van der Waals surface area contributed by atoms with Crippen LogP contribution in [0.3, 0.4) is 0 Å². The Morgan fingerprint density at radius 2 is 1.62 bits per heavy atom. The van der Waals surface area contributed by atoms with Crippen LogP contribution in [-0.2, 0) is 9.53 Å². The fourth-order valence-electron chi connectivity index (χ4n) is 1.89. The number of benzene rings is 1. The van der Waals surface area contributed by atoms with E-state index in [1.807, 2.05) is 38.1 Å². The van der Waals surface area contributed by atoms with Gasteiger partial charge in [-0.1, -0.05) is 6.92 Å². The van der Waals surface area contributed by atoms with E-state index in [9.17, 15) is 4.79 Å². The molecule has 0 saturated heterocycles. The standard InChI is InChI=1S/C16H25NO4/c1-5-17-16(4,15(18)20-7-3)12-21-14-10-8-13(9-11-14)19-6-2/h8-11,17H,5-7,12H2,1-4H3. The van der Waals surface area contributed by atoms with Gasteiger partial charge in [-0.15, -0.1) is 0 Å². The second-order valence-electron chi connectivity index (χ2n) is 4.78. The lowest BCUT2D eigenvalue weighted by atomic mass is 10.0. The Morgan fingerprint density at radius 1 is 1.05 bits per heavy atom. The van der Waals surface area contributed by atoms with Crippen molar-refractivity contribution in [1.82, 2.24) is 5.32 Å². The molecular weight excluding hydrogens is 270 g/mol. The summed E-state index contributed by atoms with van der Waals surface area (Å²) in [6, 6.07) is 7.33. The molecule has 0 bridgehead atoms. The minimum absolute atomic E-state index is 0.202. The molecular formula is C16H25NO4. The first-order chi connectivity index (χ1) is 10.1. The van der Waals surface area contributed by atoms with Gasteiger partial charge in [-0.25, -0.2) is 4.79 Å². The molecule has 1 unspecified atom stereocenters. The molecule has 1 atom stereocenters. The lowest BCUT2D eigenvalue weighted by Gasteiger charge is -2.27. The number of ether oxygens (including phenoxy) is 3. The number of hydrogen-bond donors (Lipinski definition) is 1. The van der Waals surface area contributed by atoms with Crippen LogP contribution in [-0.4, -0.2) is 37.9 Å². The molecule has 1 rings (SSSR count). The SMILES string of the molecule is CCNC(C)(COc1ccc(OCC)cc1)C(=O)OCC. The maximum Gasteiger partial charge on any atom is 0.329 e. The third kappa shape index (κ3) is 5.27. The van der Waals surface area contributed by atoms with E-state index in [0.717, 1.165) is 5.75 Å². The van der Waals surface area contributed by atoms with E-state index in [1.54, 1.807) is 13.8 Å². The first-order valence-electron chi connectivity index (χ1n) is 7.33. The van der Waals surface area contributed by atoms with Gasteiger partial charge < -0.3 is 14.2 Å². The number of carbonyl (C=O) groups excluding carboxylic acids is 1. The van der Waals surface area contributed by atoms with E-state index in [2.05, 4.69) is 5.32 Å². The highest BCUT2D eigenvalue weighted by atomic mass is 16.5. The molecule has 0 aromatic heterocycles. The molecule has 5 nitrogen and oxygen atoms in total. The second-order valence-corrected chi connectivity index (χ2v) is 4.78. The van der Waals surface area contributed by atoms with Crippen molar-refractivity contribution >= 4 is 5.97 Å². The van der Waals surface area contributed by atoms with Crippen molar-refractivity contribution in [3.05, 3.63) is 24.3 Å². The van der Waals surface area contributed by atoms with E-state index in [1.165, 1.54) is 0 Å². The van der Waals surface area contributed by atoms with Crippen LogP contribution >= 0.6 is 0 Å². The molecule has 1 aromatic carbocycles. The van der Waals surface area contributed by atoms with Gasteiger partial charge in [-0.2, -0.15) is 0 Å². The second kappa shape index (κ2) is 8.52. The molecule has 0 aliphatic carbocycles. The fourth-order valence-corrected chi connectivity index (χ4v) is 1.89. The first kappa shape index (κ1) is 17.3. The van der Waals surface area contributed by atoms with Crippen molar-refractivity contribution in [2.75, 3.05) is 26.4 Å². The number of nitrogens with one attached hydrogen (secondary N) is 1. The molecule has 0 spiro atoms. The van der Waals surface area contributed by atoms with Gasteiger partial charge in [0.1, 0.15) is 23.6 Å². The van der Waals surface area contributed by atoms with E-state index in [4.69, 9.17) is 14.2 Å². The Labute approximate surface area is 126 Å². The van der Waals surface area contributed by atoms with Gasteiger partial charge in [0.25, 0.3) is 0 Å². The molecule has 1 N–H and O–H groups in total. The summed E-state index contributed by atoms with van der Waals surface area (Å²) in [4.78, 5) is 12.0. The topological polar surface area (TPSA) is 56.8 Å². The van der Waals surface area contributed by atoms with Gasteiger partial charge in [-0.3, -0.25) is 5.32 Å². The fraction of sp³-hybridized carbons (Fsp3) is 0.562. The van der Waals surface area contributed by atoms with E-state index in [0.29, 0.717) is 25.5 Å². The molecule has 0 radical (unpaired) electrons. The minimum Gasteiger partial charge on any atom is -0.494 e. The molecule has 5 heteroatoms. The van der Waals surface area contributed by atoms with Gasteiger partial charge in [0.05, 0.1) is 13.2 Å². The van der Waals surface area contributed by atoms with E-state index >= 15 is 0 Å². The zero-order valence-corrected chi connectivity index (χ0v) is 13.3. The summed E-state index contributed by atoms with van der Waals surface area (Å²) in [7, 11) is 0. The Morgan fingerprint density at radius 3 is 2.10 bits per heavy atom. The van der Waals surface area contributed by atoms with E-state index in [-0.39, 0.29) is 12.6 Å². The molecule has 1 aromatic rings.